The van der Waals surface area contributed by atoms with Gasteiger partial charge >= 0.3 is 0 Å². The molecule has 0 bridgehead atoms. The fourth-order valence-electron chi connectivity index (χ4n) is 3.80. The molecule has 0 saturated carbocycles. The first kappa shape index (κ1) is 19.1. The lowest BCUT2D eigenvalue weighted by Crippen LogP contribution is -2.09. The first-order valence-electron chi connectivity index (χ1n) is 9.66. The molecule has 154 valence electrons. The molecule has 3 aromatic carbocycles. The molecule has 0 aliphatic rings. The van der Waals surface area contributed by atoms with E-state index in [1.165, 1.54) is 0 Å². The summed E-state index contributed by atoms with van der Waals surface area (Å²) in [7, 11) is -3.36. The normalized spacial score (nSPS) is 11.8. The molecule has 2 aromatic heterocycles. The maximum Gasteiger partial charge on any atom is 0.229 e. The van der Waals surface area contributed by atoms with E-state index in [4.69, 9.17) is 4.98 Å². The molecule has 0 spiro atoms. The molecule has 5 aromatic rings. The van der Waals surface area contributed by atoms with Gasteiger partial charge in [0.2, 0.25) is 10.0 Å². The summed E-state index contributed by atoms with van der Waals surface area (Å²) in [5.74, 6) is 0.0578. The summed E-state index contributed by atoms with van der Waals surface area (Å²) in [6.07, 6.45) is 1.12. The highest BCUT2D eigenvalue weighted by Gasteiger charge is 2.16. The van der Waals surface area contributed by atoms with Crippen LogP contribution in [0.25, 0.3) is 44.2 Å². The third kappa shape index (κ3) is 3.71. The first-order valence-corrected chi connectivity index (χ1v) is 11.6. The summed E-state index contributed by atoms with van der Waals surface area (Å²) >= 11 is 0. The minimum Gasteiger partial charge on any atom is -0.494 e. The Kier molecular flexibility index (Phi) is 4.41. The van der Waals surface area contributed by atoms with Gasteiger partial charge in [0.1, 0.15) is 0 Å². The second-order valence-electron chi connectivity index (χ2n) is 7.45. The zero-order valence-corrected chi connectivity index (χ0v) is 17.4. The van der Waals surface area contributed by atoms with Crippen LogP contribution < -0.4 is 4.72 Å². The van der Waals surface area contributed by atoms with Crippen LogP contribution in [0, 0.1) is 0 Å². The quantitative estimate of drug-likeness (QED) is 0.369. The molecule has 6 nitrogen and oxygen atoms in total. The molecule has 0 aliphatic carbocycles. The highest BCUT2D eigenvalue weighted by Crippen LogP contribution is 2.38. The van der Waals surface area contributed by atoms with Gasteiger partial charge in [-0.2, -0.15) is 0 Å². The summed E-state index contributed by atoms with van der Waals surface area (Å²) < 4.78 is 25.6. The van der Waals surface area contributed by atoms with Gasteiger partial charge in [0.25, 0.3) is 0 Å². The third-order valence-electron chi connectivity index (χ3n) is 5.13. The molecular formula is C24H19N3O3S. The van der Waals surface area contributed by atoms with Crippen molar-refractivity contribution < 1.29 is 13.5 Å². The Balaban J connectivity index is 1.64. The molecule has 5 rings (SSSR count). The van der Waals surface area contributed by atoms with Gasteiger partial charge in [-0.15, -0.1) is 0 Å². The molecule has 31 heavy (non-hydrogen) atoms. The number of aromatic nitrogens is 2. The smallest absolute Gasteiger partial charge is 0.229 e. The summed E-state index contributed by atoms with van der Waals surface area (Å²) in [6.45, 7) is 0. The maximum atomic E-state index is 11.6. The van der Waals surface area contributed by atoms with E-state index >= 15 is 0 Å². The lowest BCUT2D eigenvalue weighted by atomic mass is 10.0. The highest BCUT2D eigenvalue weighted by atomic mass is 32.2. The van der Waals surface area contributed by atoms with Crippen LogP contribution in [-0.2, 0) is 10.0 Å². The Labute approximate surface area is 179 Å². The van der Waals surface area contributed by atoms with Gasteiger partial charge in [0.15, 0.2) is 5.88 Å². The number of fused-ring (bicyclic) bond motifs is 2. The van der Waals surface area contributed by atoms with E-state index in [1.807, 2.05) is 60.7 Å². The van der Waals surface area contributed by atoms with E-state index in [-0.39, 0.29) is 5.88 Å². The summed E-state index contributed by atoms with van der Waals surface area (Å²) in [5.41, 5.74) is 5.19. The Bertz CT molecular complexity index is 1560. The number of para-hydroxylation sites is 1. The van der Waals surface area contributed by atoms with Crippen LogP contribution in [0.5, 0.6) is 5.88 Å². The van der Waals surface area contributed by atoms with Crippen LogP contribution in [0.1, 0.15) is 0 Å². The van der Waals surface area contributed by atoms with Crippen molar-refractivity contribution in [2.45, 2.75) is 0 Å². The van der Waals surface area contributed by atoms with Crippen LogP contribution in [-0.4, -0.2) is 29.7 Å². The number of anilines is 1. The molecule has 0 unspecified atom stereocenters. The number of hydrogen-bond donors (Lipinski definition) is 3. The molecule has 0 aliphatic heterocycles. The number of sulfonamides is 1. The van der Waals surface area contributed by atoms with Crippen molar-refractivity contribution in [3.8, 4) is 28.3 Å². The molecule has 0 saturated heterocycles. The van der Waals surface area contributed by atoms with Crippen molar-refractivity contribution in [3.63, 3.8) is 0 Å². The number of pyridine rings is 1. The number of nitrogens with one attached hydrogen (secondary N) is 2. The number of rotatable bonds is 4. The monoisotopic (exact) mass is 429 g/mol. The lowest BCUT2D eigenvalue weighted by molar-refractivity contribution is 0.460. The first-order chi connectivity index (χ1) is 14.9. The molecule has 7 heteroatoms. The number of benzene rings is 3. The van der Waals surface area contributed by atoms with E-state index < -0.39 is 10.0 Å². The van der Waals surface area contributed by atoms with Crippen molar-refractivity contribution >= 4 is 37.5 Å². The fourth-order valence-corrected chi connectivity index (χ4v) is 4.35. The van der Waals surface area contributed by atoms with E-state index in [1.54, 1.807) is 18.2 Å². The minimum atomic E-state index is -3.36. The molecular weight excluding hydrogens is 410 g/mol. The number of aromatic hydroxyl groups is 1. The predicted molar refractivity (Wildman–Crippen MR) is 125 cm³/mol. The van der Waals surface area contributed by atoms with Crippen LogP contribution in [0.15, 0.2) is 78.9 Å². The summed E-state index contributed by atoms with van der Waals surface area (Å²) in [4.78, 5) is 7.75. The van der Waals surface area contributed by atoms with Crippen molar-refractivity contribution in [2.75, 3.05) is 11.0 Å². The topological polar surface area (TPSA) is 95.1 Å². The SMILES string of the molecule is CS(=O)(=O)Nc1cccc(-c2ccc3[nH]c(O)c(-c4ccc5ccccc5n4)c3c2)c1. The standard InChI is InChI=1S/C24H19N3O3S/c1-31(29,30)27-18-7-4-6-16(13-18)17-10-11-21-19(14-17)23(24(28)26-21)22-12-9-15-5-2-3-8-20(15)25-22/h2-14,26-28H,1H3. The summed E-state index contributed by atoms with van der Waals surface area (Å²) in [5, 5.41) is 12.5. The predicted octanol–water partition coefficient (Wildman–Crippen LogP) is 5.13. The van der Waals surface area contributed by atoms with Gasteiger partial charge in [-0.05, 0) is 47.5 Å². The van der Waals surface area contributed by atoms with E-state index in [2.05, 4.69) is 9.71 Å². The van der Waals surface area contributed by atoms with Crippen LogP contribution in [0.3, 0.4) is 0 Å². The van der Waals surface area contributed by atoms with Gasteiger partial charge < -0.3 is 10.1 Å². The number of aromatic amines is 1. The average Bonchev–Trinajstić information content (AvgIpc) is 3.07. The van der Waals surface area contributed by atoms with Crippen molar-refractivity contribution in [1.29, 1.82) is 0 Å². The van der Waals surface area contributed by atoms with Crippen molar-refractivity contribution in [1.82, 2.24) is 9.97 Å². The van der Waals surface area contributed by atoms with Crippen molar-refractivity contribution in [3.05, 3.63) is 78.9 Å². The Morgan fingerprint density at radius 2 is 1.71 bits per heavy atom. The largest absolute Gasteiger partial charge is 0.494 e. The number of hydrogen-bond acceptors (Lipinski definition) is 4. The fraction of sp³-hybridized carbons (Fsp3) is 0.0417. The highest BCUT2D eigenvalue weighted by molar-refractivity contribution is 7.92. The lowest BCUT2D eigenvalue weighted by Gasteiger charge is -2.08. The van der Waals surface area contributed by atoms with Crippen LogP contribution >= 0.6 is 0 Å². The van der Waals surface area contributed by atoms with E-state index in [9.17, 15) is 13.5 Å². The average molecular weight is 430 g/mol. The minimum absolute atomic E-state index is 0.0578. The van der Waals surface area contributed by atoms with Crippen LogP contribution in [0.4, 0.5) is 5.69 Å². The second-order valence-corrected chi connectivity index (χ2v) is 9.20. The zero-order chi connectivity index (χ0) is 21.6. The van der Waals surface area contributed by atoms with Gasteiger partial charge in [-0.1, -0.05) is 42.5 Å². The van der Waals surface area contributed by atoms with Gasteiger partial charge in [0.05, 0.1) is 23.0 Å². The molecule has 0 amide bonds. The number of H-pyrrole nitrogens is 1. The van der Waals surface area contributed by atoms with Gasteiger partial charge in [0, 0.05) is 22.0 Å². The van der Waals surface area contributed by atoms with E-state index in [0.29, 0.717) is 16.9 Å². The van der Waals surface area contributed by atoms with Gasteiger partial charge in [-0.25, -0.2) is 13.4 Å². The molecule has 3 N–H and O–H groups in total. The van der Waals surface area contributed by atoms with E-state index in [0.717, 1.165) is 39.2 Å². The third-order valence-corrected chi connectivity index (χ3v) is 5.74. The molecule has 0 radical (unpaired) electrons. The Hall–Kier alpha value is -3.84. The second kappa shape index (κ2) is 7.14. The summed E-state index contributed by atoms with van der Waals surface area (Å²) in [6, 6.07) is 24.7. The Morgan fingerprint density at radius 3 is 2.55 bits per heavy atom. The van der Waals surface area contributed by atoms with Gasteiger partial charge in [-0.3, -0.25) is 4.72 Å². The number of nitrogens with zero attached hydrogens (tertiary/aromatic N) is 1. The molecule has 2 heterocycles. The van der Waals surface area contributed by atoms with Crippen LogP contribution in [0.2, 0.25) is 0 Å². The molecule has 0 atom stereocenters. The Morgan fingerprint density at radius 1 is 0.903 bits per heavy atom. The maximum absolute atomic E-state index is 11.6. The van der Waals surface area contributed by atoms with Crippen molar-refractivity contribution in [2.24, 2.45) is 0 Å². The zero-order valence-electron chi connectivity index (χ0n) is 16.6. The molecule has 0 fully saturated rings.